The third-order valence-corrected chi connectivity index (χ3v) is 3.65. The monoisotopic (exact) mass is 377 g/mol. The van der Waals surface area contributed by atoms with E-state index in [1.807, 2.05) is 6.07 Å². The Bertz CT molecular complexity index is 758. The molecule has 0 aromatic heterocycles. The molecular weight excluding hydrogens is 365 g/mol. The van der Waals surface area contributed by atoms with Crippen molar-refractivity contribution in [3.8, 4) is 11.8 Å². The highest BCUT2D eigenvalue weighted by atomic mass is 79.9. The number of ether oxygens (including phenoxy) is 2. The van der Waals surface area contributed by atoms with Crippen molar-refractivity contribution in [2.75, 3.05) is 6.61 Å². The van der Waals surface area contributed by atoms with Gasteiger partial charge >= 0.3 is 5.97 Å². The van der Waals surface area contributed by atoms with Crippen LogP contribution in [0, 0.1) is 17.1 Å². The summed E-state index contributed by atoms with van der Waals surface area (Å²) < 4.78 is 25.5. The fraction of sp³-hybridized carbons (Fsp3) is 0.176. The van der Waals surface area contributed by atoms with E-state index in [9.17, 15) is 9.18 Å². The second-order valence-electron chi connectivity index (χ2n) is 4.53. The Morgan fingerprint density at radius 2 is 2.09 bits per heavy atom. The predicted molar refractivity (Wildman–Crippen MR) is 85.3 cm³/mol. The van der Waals surface area contributed by atoms with Crippen molar-refractivity contribution in [3.63, 3.8) is 0 Å². The highest BCUT2D eigenvalue weighted by Gasteiger charge is 2.28. The lowest BCUT2D eigenvalue weighted by atomic mass is 10.1. The van der Waals surface area contributed by atoms with Gasteiger partial charge in [0.25, 0.3) is 0 Å². The molecule has 0 aliphatic heterocycles. The van der Waals surface area contributed by atoms with Crippen molar-refractivity contribution in [1.82, 2.24) is 0 Å². The van der Waals surface area contributed by atoms with Crippen LogP contribution in [0.2, 0.25) is 0 Å². The Kier molecular flexibility index (Phi) is 5.72. The summed E-state index contributed by atoms with van der Waals surface area (Å²) in [4.78, 5) is 12.2. The van der Waals surface area contributed by atoms with E-state index in [1.165, 1.54) is 12.1 Å². The molecule has 0 saturated heterocycles. The molecule has 0 heterocycles. The smallest absolute Gasteiger partial charge is 0.352 e. The molecule has 0 N–H and O–H groups in total. The van der Waals surface area contributed by atoms with Gasteiger partial charge in [0.05, 0.1) is 22.7 Å². The Labute approximate surface area is 141 Å². The molecule has 0 radical (unpaired) electrons. The van der Waals surface area contributed by atoms with E-state index in [2.05, 4.69) is 15.9 Å². The zero-order valence-electron chi connectivity index (χ0n) is 12.3. The molecule has 118 valence electrons. The van der Waals surface area contributed by atoms with Gasteiger partial charge in [-0.05, 0) is 47.1 Å². The molecule has 0 spiro atoms. The topological polar surface area (TPSA) is 59.3 Å². The summed E-state index contributed by atoms with van der Waals surface area (Å²) in [5.41, 5.74) is 0.174. The van der Waals surface area contributed by atoms with Gasteiger partial charge in [-0.1, -0.05) is 18.2 Å². The molecule has 0 fully saturated rings. The average Bonchev–Trinajstić information content (AvgIpc) is 2.54. The Hall–Kier alpha value is -2.39. The first-order valence-corrected chi connectivity index (χ1v) is 7.63. The van der Waals surface area contributed by atoms with Gasteiger partial charge in [-0.3, -0.25) is 0 Å². The van der Waals surface area contributed by atoms with Crippen LogP contribution in [0.1, 0.15) is 24.2 Å². The van der Waals surface area contributed by atoms with Crippen LogP contribution in [0.3, 0.4) is 0 Å². The Balaban J connectivity index is 2.41. The van der Waals surface area contributed by atoms with Crippen LogP contribution in [-0.2, 0) is 9.53 Å². The minimum absolute atomic E-state index is 0.0122. The molecule has 0 aliphatic rings. The van der Waals surface area contributed by atoms with Crippen LogP contribution in [0.5, 0.6) is 5.75 Å². The molecule has 4 nitrogen and oxygen atoms in total. The van der Waals surface area contributed by atoms with E-state index in [-0.39, 0.29) is 17.7 Å². The number of rotatable bonds is 5. The van der Waals surface area contributed by atoms with Crippen LogP contribution < -0.4 is 4.74 Å². The van der Waals surface area contributed by atoms with Crippen molar-refractivity contribution < 1.29 is 18.7 Å². The summed E-state index contributed by atoms with van der Waals surface area (Å²) >= 11 is 3.31. The molecule has 0 bridgehead atoms. The maximum atomic E-state index is 14.2. The number of hydrogen-bond acceptors (Lipinski definition) is 4. The molecule has 2 aromatic rings. The van der Waals surface area contributed by atoms with Crippen molar-refractivity contribution in [1.29, 1.82) is 5.26 Å². The van der Waals surface area contributed by atoms with E-state index in [1.54, 1.807) is 31.2 Å². The lowest BCUT2D eigenvalue weighted by molar-refractivity contribution is -0.152. The maximum Gasteiger partial charge on any atom is 0.352 e. The summed E-state index contributed by atoms with van der Waals surface area (Å²) in [6.07, 6.45) is -1.26. The zero-order valence-corrected chi connectivity index (χ0v) is 13.8. The second kappa shape index (κ2) is 7.75. The highest BCUT2D eigenvalue weighted by molar-refractivity contribution is 9.10. The molecule has 2 aromatic carbocycles. The maximum absolute atomic E-state index is 14.2. The fourth-order valence-electron chi connectivity index (χ4n) is 1.93. The van der Waals surface area contributed by atoms with Gasteiger partial charge in [0.15, 0.2) is 0 Å². The van der Waals surface area contributed by atoms with Crippen molar-refractivity contribution in [2.24, 2.45) is 0 Å². The molecule has 6 heteroatoms. The molecule has 0 amide bonds. The van der Waals surface area contributed by atoms with Gasteiger partial charge in [-0.2, -0.15) is 5.26 Å². The van der Waals surface area contributed by atoms with Gasteiger partial charge < -0.3 is 9.47 Å². The van der Waals surface area contributed by atoms with Crippen LogP contribution in [-0.4, -0.2) is 12.6 Å². The predicted octanol–water partition coefficient (Wildman–Crippen LogP) is 4.14. The van der Waals surface area contributed by atoms with Gasteiger partial charge in [-0.15, -0.1) is 0 Å². The standard InChI is InChI=1S/C17H13BrFNO3/c1-2-22-17(21)16(23-15-6-4-3-5-13(15)18)12-8-7-11(10-20)9-14(12)19/h3-9,16H,2H2,1H3. The number of carbonyl (C=O) groups excluding carboxylic acids is 1. The fourth-order valence-corrected chi connectivity index (χ4v) is 2.31. The number of hydrogen-bond donors (Lipinski definition) is 0. The first-order valence-electron chi connectivity index (χ1n) is 6.84. The van der Waals surface area contributed by atoms with Crippen LogP contribution in [0.15, 0.2) is 46.9 Å². The third kappa shape index (κ3) is 4.08. The van der Waals surface area contributed by atoms with E-state index >= 15 is 0 Å². The second-order valence-corrected chi connectivity index (χ2v) is 5.38. The molecule has 1 unspecified atom stereocenters. The van der Waals surface area contributed by atoms with Gasteiger partial charge in [0, 0.05) is 5.56 Å². The normalized spacial score (nSPS) is 11.4. The molecule has 0 aliphatic carbocycles. The van der Waals surface area contributed by atoms with E-state index in [0.29, 0.717) is 10.2 Å². The van der Waals surface area contributed by atoms with E-state index in [0.717, 1.165) is 6.07 Å². The average molecular weight is 378 g/mol. The van der Waals surface area contributed by atoms with E-state index < -0.39 is 17.9 Å². The van der Waals surface area contributed by atoms with Gasteiger partial charge in [0.1, 0.15) is 11.6 Å². The van der Waals surface area contributed by atoms with Crippen molar-refractivity contribution >= 4 is 21.9 Å². The lowest BCUT2D eigenvalue weighted by Gasteiger charge is -2.19. The van der Waals surface area contributed by atoms with Gasteiger partial charge in [-0.25, -0.2) is 9.18 Å². The quantitative estimate of drug-likeness (QED) is 0.734. The molecule has 23 heavy (non-hydrogen) atoms. The third-order valence-electron chi connectivity index (χ3n) is 2.99. The Morgan fingerprint density at radius 3 is 2.70 bits per heavy atom. The highest BCUT2D eigenvalue weighted by Crippen LogP contribution is 2.31. The minimum atomic E-state index is -1.26. The number of esters is 1. The summed E-state index contributed by atoms with van der Waals surface area (Å²) in [6.45, 7) is 1.80. The van der Waals surface area contributed by atoms with Crippen LogP contribution in [0.25, 0.3) is 0 Å². The number of para-hydroxylation sites is 1. The summed E-state index contributed by atoms with van der Waals surface area (Å²) in [5, 5.41) is 8.81. The van der Waals surface area contributed by atoms with E-state index in [4.69, 9.17) is 14.7 Å². The first-order chi connectivity index (χ1) is 11.1. The molecule has 0 saturated carbocycles. The number of benzene rings is 2. The van der Waals surface area contributed by atoms with Crippen molar-refractivity contribution in [2.45, 2.75) is 13.0 Å². The largest absolute Gasteiger partial charge is 0.473 e. The molecular formula is C17H13BrFNO3. The Morgan fingerprint density at radius 1 is 1.35 bits per heavy atom. The SMILES string of the molecule is CCOC(=O)C(Oc1ccccc1Br)c1ccc(C#N)cc1F. The minimum Gasteiger partial charge on any atom is -0.473 e. The number of carbonyl (C=O) groups is 1. The zero-order chi connectivity index (χ0) is 16.8. The summed E-state index contributed by atoms with van der Waals surface area (Å²) in [6, 6.07) is 12.6. The van der Waals surface area contributed by atoms with Gasteiger partial charge in [0.2, 0.25) is 6.10 Å². The summed E-state index contributed by atoms with van der Waals surface area (Å²) in [7, 11) is 0. The molecule has 1 atom stereocenters. The molecule has 2 rings (SSSR count). The lowest BCUT2D eigenvalue weighted by Crippen LogP contribution is -2.22. The van der Waals surface area contributed by atoms with Crippen LogP contribution in [0.4, 0.5) is 4.39 Å². The van der Waals surface area contributed by atoms with Crippen molar-refractivity contribution in [3.05, 3.63) is 63.9 Å². The number of halogens is 2. The number of nitrogens with zero attached hydrogens (tertiary/aromatic N) is 1. The van der Waals surface area contributed by atoms with Crippen LogP contribution >= 0.6 is 15.9 Å². The first kappa shape index (κ1) is 17.0. The summed E-state index contributed by atoms with van der Waals surface area (Å²) in [5.74, 6) is -1.02. The number of nitriles is 1.